The molecule has 0 aliphatic carbocycles. The minimum atomic E-state index is -0.766. The van der Waals surface area contributed by atoms with Crippen LogP contribution in [-0.4, -0.2) is 5.11 Å². The summed E-state index contributed by atoms with van der Waals surface area (Å²) in [5.41, 5.74) is 0.290. The van der Waals surface area contributed by atoms with E-state index in [-0.39, 0.29) is 0 Å². The van der Waals surface area contributed by atoms with Crippen LogP contribution in [0.2, 0.25) is 5.02 Å². The molecule has 1 unspecified atom stereocenters. The first-order valence-electron chi connectivity index (χ1n) is 6.38. The van der Waals surface area contributed by atoms with Gasteiger partial charge in [0.25, 0.3) is 0 Å². The maximum absolute atomic E-state index is 13.7. The third-order valence-corrected chi connectivity index (χ3v) is 4.18. The molecule has 0 amide bonds. The summed E-state index contributed by atoms with van der Waals surface area (Å²) in [6.45, 7) is 2.16. The van der Waals surface area contributed by atoms with Gasteiger partial charge in [0.2, 0.25) is 0 Å². The zero-order chi connectivity index (χ0) is 13.5. The maximum atomic E-state index is 13.7. The lowest BCUT2D eigenvalue weighted by Crippen LogP contribution is -2.01. The van der Waals surface area contributed by atoms with Gasteiger partial charge in [-0.1, -0.05) is 50.6 Å². The van der Waals surface area contributed by atoms with Gasteiger partial charge >= 0.3 is 0 Å². The molecule has 0 heterocycles. The second kappa shape index (κ2) is 8.13. The first-order valence-corrected chi connectivity index (χ1v) is 7.55. The normalized spacial score (nSPS) is 12.7. The molecule has 0 fully saturated rings. The monoisotopic (exact) mass is 336 g/mol. The van der Waals surface area contributed by atoms with Crippen LogP contribution in [0.5, 0.6) is 0 Å². The summed E-state index contributed by atoms with van der Waals surface area (Å²) in [6, 6.07) is 2.80. The molecule has 102 valence electrons. The smallest absolute Gasteiger partial charge is 0.130 e. The topological polar surface area (TPSA) is 20.2 Å². The van der Waals surface area contributed by atoms with Crippen LogP contribution in [0.25, 0.3) is 0 Å². The quantitative estimate of drug-likeness (QED) is 0.504. The molecule has 0 spiro atoms. The largest absolute Gasteiger partial charge is 0.388 e. The molecule has 0 aromatic heterocycles. The zero-order valence-corrected chi connectivity index (χ0v) is 12.9. The summed E-state index contributed by atoms with van der Waals surface area (Å²) in [6.07, 6.45) is 5.39. The molecule has 0 saturated heterocycles. The van der Waals surface area contributed by atoms with Crippen LogP contribution in [0.15, 0.2) is 16.6 Å². The van der Waals surface area contributed by atoms with Gasteiger partial charge in [-0.2, -0.15) is 0 Å². The number of benzene rings is 1. The van der Waals surface area contributed by atoms with E-state index in [0.29, 0.717) is 21.5 Å². The van der Waals surface area contributed by atoms with Crippen molar-refractivity contribution < 1.29 is 9.50 Å². The van der Waals surface area contributed by atoms with Crippen molar-refractivity contribution >= 4 is 27.5 Å². The van der Waals surface area contributed by atoms with Gasteiger partial charge < -0.3 is 5.11 Å². The molecular formula is C14H19BrClFO. The fourth-order valence-corrected chi connectivity index (χ4v) is 2.38. The lowest BCUT2D eigenvalue weighted by Gasteiger charge is -2.13. The van der Waals surface area contributed by atoms with Crippen LogP contribution in [-0.2, 0) is 0 Å². The number of hydrogen-bond acceptors (Lipinski definition) is 1. The van der Waals surface area contributed by atoms with E-state index in [0.717, 1.165) is 12.8 Å². The van der Waals surface area contributed by atoms with E-state index in [1.165, 1.54) is 31.4 Å². The second-order valence-electron chi connectivity index (χ2n) is 4.51. The highest BCUT2D eigenvalue weighted by molar-refractivity contribution is 9.10. The van der Waals surface area contributed by atoms with Crippen molar-refractivity contribution in [3.63, 3.8) is 0 Å². The molecule has 1 aromatic rings. The minimum absolute atomic E-state index is 0.290. The van der Waals surface area contributed by atoms with E-state index in [4.69, 9.17) is 11.6 Å². The zero-order valence-electron chi connectivity index (χ0n) is 10.6. The van der Waals surface area contributed by atoms with E-state index in [1.54, 1.807) is 0 Å². The summed E-state index contributed by atoms with van der Waals surface area (Å²) in [5.74, 6) is -0.410. The molecule has 0 bridgehead atoms. The van der Waals surface area contributed by atoms with Crippen molar-refractivity contribution in [3.8, 4) is 0 Å². The van der Waals surface area contributed by atoms with Crippen molar-refractivity contribution in [2.75, 3.05) is 0 Å². The lowest BCUT2D eigenvalue weighted by molar-refractivity contribution is 0.159. The van der Waals surface area contributed by atoms with Crippen LogP contribution < -0.4 is 0 Å². The van der Waals surface area contributed by atoms with Crippen LogP contribution in [0.4, 0.5) is 4.39 Å². The Kier molecular flexibility index (Phi) is 7.20. The summed E-state index contributed by atoms with van der Waals surface area (Å²) in [7, 11) is 0. The number of unbranched alkanes of at least 4 members (excludes halogenated alkanes) is 4. The first-order chi connectivity index (χ1) is 8.56. The molecule has 1 nitrogen and oxygen atoms in total. The molecule has 18 heavy (non-hydrogen) atoms. The predicted octanol–water partition coefficient (Wildman–Crippen LogP) is 5.64. The predicted molar refractivity (Wildman–Crippen MR) is 77.4 cm³/mol. The Morgan fingerprint density at radius 1 is 1.28 bits per heavy atom. The van der Waals surface area contributed by atoms with E-state index >= 15 is 0 Å². The van der Waals surface area contributed by atoms with Gasteiger partial charge in [-0.05, 0) is 34.5 Å². The molecular weight excluding hydrogens is 319 g/mol. The molecule has 0 radical (unpaired) electrons. The van der Waals surface area contributed by atoms with Crippen molar-refractivity contribution in [3.05, 3.63) is 33.0 Å². The van der Waals surface area contributed by atoms with Crippen molar-refractivity contribution in [1.82, 2.24) is 0 Å². The number of hydrogen-bond donors (Lipinski definition) is 1. The summed E-state index contributed by atoms with van der Waals surface area (Å²) >= 11 is 9.06. The highest BCUT2D eigenvalue weighted by Gasteiger charge is 2.14. The summed E-state index contributed by atoms with van der Waals surface area (Å²) < 4.78 is 14.2. The standard InChI is InChI=1S/C14H19BrClFO/c1-2-3-4-5-6-7-14(18)10-8-12(16)11(15)9-13(10)17/h8-9,14,18H,2-7H2,1H3. The maximum Gasteiger partial charge on any atom is 0.130 e. The number of halogens is 3. The lowest BCUT2D eigenvalue weighted by atomic mass is 10.0. The Morgan fingerprint density at radius 2 is 1.94 bits per heavy atom. The van der Waals surface area contributed by atoms with Gasteiger partial charge in [0.15, 0.2) is 0 Å². The Bertz CT molecular complexity index is 384. The molecule has 1 aromatic carbocycles. The van der Waals surface area contributed by atoms with Crippen molar-refractivity contribution in [1.29, 1.82) is 0 Å². The number of aliphatic hydroxyl groups excluding tert-OH is 1. The van der Waals surface area contributed by atoms with E-state index in [9.17, 15) is 9.50 Å². The van der Waals surface area contributed by atoms with Crippen LogP contribution in [0, 0.1) is 5.82 Å². The molecule has 4 heteroatoms. The van der Waals surface area contributed by atoms with Gasteiger partial charge in [-0.3, -0.25) is 0 Å². The number of rotatable bonds is 7. The fraction of sp³-hybridized carbons (Fsp3) is 0.571. The third kappa shape index (κ3) is 4.87. The Morgan fingerprint density at radius 3 is 2.61 bits per heavy atom. The van der Waals surface area contributed by atoms with Gasteiger partial charge in [0, 0.05) is 10.0 Å². The SMILES string of the molecule is CCCCCCCC(O)c1cc(Cl)c(Br)cc1F. The second-order valence-corrected chi connectivity index (χ2v) is 5.77. The van der Waals surface area contributed by atoms with Gasteiger partial charge in [0.1, 0.15) is 5.82 Å². The van der Waals surface area contributed by atoms with Gasteiger partial charge in [-0.15, -0.1) is 0 Å². The minimum Gasteiger partial charge on any atom is -0.388 e. The molecule has 0 aliphatic heterocycles. The molecule has 1 rings (SSSR count). The van der Waals surface area contributed by atoms with Crippen LogP contribution in [0.1, 0.15) is 57.1 Å². The highest BCUT2D eigenvalue weighted by atomic mass is 79.9. The first kappa shape index (κ1) is 15.9. The third-order valence-electron chi connectivity index (χ3n) is 2.98. The molecule has 1 N–H and O–H groups in total. The van der Waals surface area contributed by atoms with Crippen LogP contribution >= 0.6 is 27.5 Å². The molecule has 0 aliphatic rings. The van der Waals surface area contributed by atoms with Crippen molar-refractivity contribution in [2.45, 2.75) is 51.6 Å². The van der Waals surface area contributed by atoms with E-state index in [2.05, 4.69) is 22.9 Å². The van der Waals surface area contributed by atoms with Gasteiger partial charge in [-0.25, -0.2) is 4.39 Å². The van der Waals surface area contributed by atoms with E-state index in [1.807, 2.05) is 0 Å². The Labute approximate surface area is 121 Å². The van der Waals surface area contributed by atoms with Gasteiger partial charge in [0.05, 0.1) is 11.1 Å². The summed E-state index contributed by atoms with van der Waals surface area (Å²) in [5, 5.41) is 10.4. The Balaban J connectivity index is 2.51. The average molecular weight is 338 g/mol. The van der Waals surface area contributed by atoms with Crippen molar-refractivity contribution in [2.24, 2.45) is 0 Å². The fourth-order valence-electron chi connectivity index (χ4n) is 1.89. The highest BCUT2D eigenvalue weighted by Crippen LogP contribution is 2.30. The van der Waals surface area contributed by atoms with E-state index < -0.39 is 11.9 Å². The molecule has 1 atom stereocenters. The average Bonchev–Trinajstić information content (AvgIpc) is 2.33. The molecule has 0 saturated carbocycles. The van der Waals surface area contributed by atoms with Crippen LogP contribution in [0.3, 0.4) is 0 Å². The Hall–Kier alpha value is -0.120. The summed E-state index contributed by atoms with van der Waals surface area (Å²) in [4.78, 5) is 0. The number of aliphatic hydroxyl groups is 1.